The normalized spacial score (nSPS) is 11.9. The Hall–Kier alpha value is -0.660. The maximum Gasteiger partial charge on any atom is 0.214 e. The van der Waals surface area contributed by atoms with Crippen LogP contribution >= 0.6 is 0 Å². The van der Waals surface area contributed by atoms with E-state index in [1.165, 1.54) is 11.4 Å². The van der Waals surface area contributed by atoms with Crippen LogP contribution in [-0.2, 0) is 14.8 Å². The molecule has 0 amide bonds. The lowest BCUT2D eigenvalue weighted by atomic mass is 10.4. The fraction of sp³-hybridized carbons (Fsp3) is 0.900. The lowest BCUT2D eigenvalue weighted by Gasteiger charge is -2.21. The van der Waals surface area contributed by atoms with Gasteiger partial charge in [-0.05, 0) is 6.42 Å². The molecular weight excluding hydrogens is 242 g/mol. The second kappa shape index (κ2) is 8.43. The average molecular weight is 265 g/mol. The van der Waals surface area contributed by atoms with Crippen molar-refractivity contribution in [3.63, 3.8) is 0 Å². The van der Waals surface area contributed by atoms with Crippen molar-refractivity contribution in [2.75, 3.05) is 32.6 Å². The third-order valence-electron chi connectivity index (χ3n) is 2.32. The highest BCUT2D eigenvalue weighted by atomic mass is 32.2. The molecule has 0 heterocycles. The maximum atomic E-state index is 12.0. The van der Waals surface area contributed by atoms with Gasteiger partial charge in [0.25, 0.3) is 0 Å². The van der Waals surface area contributed by atoms with E-state index in [9.17, 15) is 8.42 Å². The van der Waals surface area contributed by atoms with E-state index >= 15 is 0 Å². The fourth-order valence-electron chi connectivity index (χ4n) is 1.28. The minimum Gasteiger partial charge on any atom is -0.388 e. The molecule has 0 aromatic rings. The van der Waals surface area contributed by atoms with Crippen molar-refractivity contribution in [3.05, 3.63) is 0 Å². The van der Waals surface area contributed by atoms with Crippen molar-refractivity contribution in [1.29, 1.82) is 5.41 Å². The standard InChI is InChI=1S/C10H23N3O3S/c1-3-4-9-17(14,15)13(7-8-16-2)6-5-10(11)12/h3-9H2,1-2H3,(H3,11,12). The first-order valence-corrected chi connectivity index (χ1v) is 7.34. The molecule has 0 unspecified atom stereocenters. The van der Waals surface area contributed by atoms with Crippen LogP contribution in [0.5, 0.6) is 0 Å². The number of nitrogens with two attached hydrogens (primary N) is 1. The summed E-state index contributed by atoms with van der Waals surface area (Å²) in [6.07, 6.45) is 1.74. The first-order chi connectivity index (χ1) is 7.94. The summed E-state index contributed by atoms with van der Waals surface area (Å²) < 4.78 is 30.2. The summed E-state index contributed by atoms with van der Waals surface area (Å²) in [5.41, 5.74) is 5.24. The molecule has 0 rings (SSSR count). The molecule has 0 fully saturated rings. The van der Waals surface area contributed by atoms with Crippen molar-refractivity contribution in [3.8, 4) is 0 Å². The number of ether oxygens (including phenoxy) is 1. The van der Waals surface area contributed by atoms with Crippen LogP contribution in [0.15, 0.2) is 0 Å². The predicted octanol–water partition coefficient (Wildman–Crippen LogP) is 0.391. The molecule has 102 valence electrons. The monoisotopic (exact) mass is 265 g/mol. The molecule has 0 bridgehead atoms. The predicted molar refractivity (Wildman–Crippen MR) is 68.7 cm³/mol. The highest BCUT2D eigenvalue weighted by molar-refractivity contribution is 7.89. The van der Waals surface area contributed by atoms with E-state index < -0.39 is 10.0 Å². The van der Waals surface area contributed by atoms with Crippen molar-refractivity contribution in [2.45, 2.75) is 26.2 Å². The topological polar surface area (TPSA) is 96.5 Å². The molecule has 0 aromatic heterocycles. The van der Waals surface area contributed by atoms with Gasteiger partial charge in [0, 0.05) is 26.6 Å². The van der Waals surface area contributed by atoms with E-state index in [0.717, 1.165) is 6.42 Å². The van der Waals surface area contributed by atoms with Gasteiger partial charge in [0.2, 0.25) is 10.0 Å². The first kappa shape index (κ1) is 16.3. The van der Waals surface area contributed by atoms with Crippen LogP contribution in [0.25, 0.3) is 0 Å². The zero-order valence-corrected chi connectivity index (χ0v) is 11.4. The summed E-state index contributed by atoms with van der Waals surface area (Å²) >= 11 is 0. The summed E-state index contributed by atoms with van der Waals surface area (Å²) in [4.78, 5) is 0. The lowest BCUT2D eigenvalue weighted by molar-refractivity contribution is 0.179. The van der Waals surface area contributed by atoms with E-state index in [4.69, 9.17) is 15.9 Å². The third-order valence-corrected chi connectivity index (χ3v) is 4.28. The molecule has 6 nitrogen and oxygen atoms in total. The second-order valence-corrected chi connectivity index (χ2v) is 5.93. The number of hydrogen-bond donors (Lipinski definition) is 2. The van der Waals surface area contributed by atoms with Gasteiger partial charge in [0.05, 0.1) is 18.2 Å². The highest BCUT2D eigenvalue weighted by Crippen LogP contribution is 2.06. The summed E-state index contributed by atoms with van der Waals surface area (Å²) in [5.74, 6) is 0.142. The number of nitrogens with zero attached hydrogens (tertiary/aromatic N) is 1. The number of methoxy groups -OCH3 is 1. The number of sulfonamides is 1. The molecule has 0 aliphatic carbocycles. The largest absolute Gasteiger partial charge is 0.388 e. The Morgan fingerprint density at radius 2 is 2.06 bits per heavy atom. The van der Waals surface area contributed by atoms with Gasteiger partial charge in [-0.15, -0.1) is 0 Å². The number of rotatable bonds is 10. The number of amidine groups is 1. The molecule has 0 radical (unpaired) electrons. The van der Waals surface area contributed by atoms with Gasteiger partial charge in [0.15, 0.2) is 0 Å². The Morgan fingerprint density at radius 1 is 1.41 bits per heavy atom. The SMILES string of the molecule is CCCCS(=O)(=O)N(CCOC)CCC(=N)N. The van der Waals surface area contributed by atoms with Gasteiger partial charge in [-0.25, -0.2) is 8.42 Å². The van der Waals surface area contributed by atoms with Crippen molar-refractivity contribution < 1.29 is 13.2 Å². The zero-order chi connectivity index (χ0) is 13.3. The molecule has 7 heteroatoms. The fourth-order valence-corrected chi connectivity index (χ4v) is 2.92. The molecule has 0 aromatic carbocycles. The van der Waals surface area contributed by atoms with E-state index in [1.807, 2.05) is 6.92 Å². The Morgan fingerprint density at radius 3 is 2.53 bits per heavy atom. The third kappa shape index (κ3) is 7.30. The van der Waals surface area contributed by atoms with Crippen LogP contribution in [0.4, 0.5) is 0 Å². The van der Waals surface area contributed by atoms with Crippen LogP contribution in [0, 0.1) is 5.41 Å². The van der Waals surface area contributed by atoms with Gasteiger partial charge < -0.3 is 10.5 Å². The van der Waals surface area contributed by atoms with Gasteiger partial charge in [-0.2, -0.15) is 4.31 Å². The van der Waals surface area contributed by atoms with Crippen LogP contribution < -0.4 is 5.73 Å². The summed E-state index contributed by atoms with van der Waals surface area (Å²) in [6, 6.07) is 0. The molecular formula is C10H23N3O3S. The van der Waals surface area contributed by atoms with Crippen LogP contribution in [0.3, 0.4) is 0 Å². The van der Waals surface area contributed by atoms with E-state index in [0.29, 0.717) is 19.6 Å². The molecule has 0 atom stereocenters. The summed E-state index contributed by atoms with van der Waals surface area (Å²) in [5, 5.41) is 7.13. The molecule has 0 aliphatic heterocycles. The Kier molecular flexibility index (Phi) is 8.11. The molecule has 17 heavy (non-hydrogen) atoms. The van der Waals surface area contributed by atoms with Crippen molar-refractivity contribution >= 4 is 15.9 Å². The molecule has 3 N–H and O–H groups in total. The highest BCUT2D eigenvalue weighted by Gasteiger charge is 2.20. The van der Waals surface area contributed by atoms with E-state index in [2.05, 4.69) is 0 Å². The van der Waals surface area contributed by atoms with Gasteiger partial charge in [-0.3, -0.25) is 5.41 Å². The Bertz CT molecular complexity index is 317. The first-order valence-electron chi connectivity index (χ1n) is 5.73. The van der Waals surface area contributed by atoms with Crippen LogP contribution in [0.1, 0.15) is 26.2 Å². The van der Waals surface area contributed by atoms with E-state index in [-0.39, 0.29) is 24.6 Å². The molecule has 0 aliphatic rings. The summed E-state index contributed by atoms with van der Waals surface area (Å²) in [7, 11) is -1.72. The zero-order valence-electron chi connectivity index (χ0n) is 10.6. The number of hydrogen-bond acceptors (Lipinski definition) is 4. The average Bonchev–Trinajstić information content (AvgIpc) is 2.25. The van der Waals surface area contributed by atoms with Crippen LogP contribution in [0.2, 0.25) is 0 Å². The van der Waals surface area contributed by atoms with Gasteiger partial charge in [-0.1, -0.05) is 13.3 Å². The minimum atomic E-state index is -3.25. The minimum absolute atomic E-state index is 0.00175. The number of nitrogens with one attached hydrogen (secondary N) is 1. The van der Waals surface area contributed by atoms with Gasteiger partial charge in [0.1, 0.15) is 0 Å². The molecule has 0 spiro atoms. The van der Waals surface area contributed by atoms with Crippen molar-refractivity contribution in [1.82, 2.24) is 4.31 Å². The Labute approximate surface area is 104 Å². The smallest absolute Gasteiger partial charge is 0.214 e. The van der Waals surface area contributed by atoms with E-state index in [1.54, 1.807) is 0 Å². The Balaban J connectivity index is 4.47. The maximum absolute atomic E-state index is 12.0. The molecule has 0 saturated carbocycles. The van der Waals surface area contributed by atoms with Crippen LogP contribution in [-0.4, -0.2) is 51.1 Å². The van der Waals surface area contributed by atoms with Gasteiger partial charge >= 0.3 is 0 Å². The lowest BCUT2D eigenvalue weighted by Crippen LogP contribution is -2.37. The molecule has 0 saturated heterocycles. The quantitative estimate of drug-likeness (QED) is 0.441. The number of unbranched alkanes of at least 4 members (excludes halogenated alkanes) is 1. The second-order valence-electron chi connectivity index (χ2n) is 3.84. The van der Waals surface area contributed by atoms with Crippen molar-refractivity contribution in [2.24, 2.45) is 5.73 Å². The summed E-state index contributed by atoms with van der Waals surface area (Å²) in [6.45, 7) is 2.87.